The Morgan fingerprint density at radius 1 is 1.19 bits per heavy atom. The summed E-state index contributed by atoms with van der Waals surface area (Å²) in [6.07, 6.45) is 7.31. The van der Waals surface area contributed by atoms with Gasteiger partial charge in [-0.15, -0.1) is 0 Å². The largest absolute Gasteiger partial charge is 0.313 e. The molecule has 1 N–H and O–H groups in total. The van der Waals surface area contributed by atoms with E-state index in [2.05, 4.69) is 35.8 Å². The molecule has 16 heavy (non-hydrogen) atoms. The van der Waals surface area contributed by atoms with Gasteiger partial charge < -0.3 is 5.32 Å². The number of nitrogens with one attached hydrogen (secondary N) is 1. The Morgan fingerprint density at radius 3 is 2.69 bits per heavy atom. The molecule has 0 amide bonds. The van der Waals surface area contributed by atoms with Gasteiger partial charge in [0, 0.05) is 35.1 Å². The summed E-state index contributed by atoms with van der Waals surface area (Å²) in [5.41, 5.74) is 0. The van der Waals surface area contributed by atoms with E-state index in [1.165, 1.54) is 55.9 Å². The van der Waals surface area contributed by atoms with Crippen LogP contribution in [-0.2, 0) is 0 Å². The van der Waals surface area contributed by atoms with Crippen LogP contribution in [0.3, 0.4) is 0 Å². The molecule has 2 unspecified atom stereocenters. The highest BCUT2D eigenvalue weighted by molar-refractivity contribution is 8.06. The third-order valence-corrected chi connectivity index (χ3v) is 6.75. The normalized spacial score (nSPS) is 30.2. The maximum atomic E-state index is 3.79. The van der Waals surface area contributed by atoms with Crippen molar-refractivity contribution < 1.29 is 0 Å². The summed E-state index contributed by atoms with van der Waals surface area (Å²) in [6, 6.07) is 0.743. The molecule has 2 rings (SSSR count). The Morgan fingerprint density at radius 2 is 2.00 bits per heavy atom. The van der Waals surface area contributed by atoms with E-state index in [1.807, 2.05) is 0 Å². The third-order valence-electron chi connectivity index (χ3n) is 3.91. The van der Waals surface area contributed by atoms with Crippen LogP contribution in [0.5, 0.6) is 0 Å². The molecule has 0 radical (unpaired) electrons. The molecule has 1 saturated heterocycles. The summed E-state index contributed by atoms with van der Waals surface area (Å²) in [7, 11) is 0. The second kappa shape index (κ2) is 7.17. The molecule has 3 heteroatoms. The molecule has 0 aromatic rings. The first-order valence-corrected chi connectivity index (χ1v) is 8.99. The van der Waals surface area contributed by atoms with Gasteiger partial charge in [-0.25, -0.2) is 0 Å². The van der Waals surface area contributed by atoms with Gasteiger partial charge in [-0.2, -0.15) is 23.5 Å². The molecule has 0 aromatic heterocycles. The van der Waals surface area contributed by atoms with Crippen LogP contribution in [0, 0.1) is 5.92 Å². The fraction of sp³-hybridized carbons (Fsp3) is 1.00. The molecule has 1 aliphatic carbocycles. The lowest BCUT2D eigenvalue weighted by atomic mass is 9.84. The summed E-state index contributed by atoms with van der Waals surface area (Å²) in [4.78, 5) is 0. The zero-order valence-corrected chi connectivity index (χ0v) is 12.0. The molecule has 0 spiro atoms. The Bertz CT molecular complexity index is 186. The second-order valence-electron chi connectivity index (χ2n) is 5.16. The van der Waals surface area contributed by atoms with E-state index in [0.29, 0.717) is 0 Å². The first kappa shape index (κ1) is 13.1. The summed E-state index contributed by atoms with van der Waals surface area (Å²) in [5.74, 6) is 5.03. The van der Waals surface area contributed by atoms with Crippen LogP contribution >= 0.6 is 23.5 Å². The quantitative estimate of drug-likeness (QED) is 0.831. The molecule has 94 valence electrons. The van der Waals surface area contributed by atoms with Crippen molar-refractivity contribution in [3.63, 3.8) is 0 Å². The SMILES string of the molecule is CC(NCC1CSCCS1)C1CCCCC1. The maximum absolute atomic E-state index is 3.79. The molecule has 1 saturated carbocycles. The Kier molecular flexibility index (Phi) is 5.87. The minimum absolute atomic E-state index is 0.743. The average Bonchev–Trinajstić information content (AvgIpc) is 2.38. The van der Waals surface area contributed by atoms with Crippen LogP contribution in [0.4, 0.5) is 0 Å². The minimum atomic E-state index is 0.743. The van der Waals surface area contributed by atoms with Crippen LogP contribution < -0.4 is 5.32 Å². The van der Waals surface area contributed by atoms with Crippen molar-refractivity contribution in [1.29, 1.82) is 0 Å². The van der Waals surface area contributed by atoms with E-state index >= 15 is 0 Å². The predicted molar refractivity (Wildman–Crippen MR) is 77.6 cm³/mol. The fourth-order valence-electron chi connectivity index (χ4n) is 2.77. The zero-order valence-electron chi connectivity index (χ0n) is 10.4. The molecule has 0 aromatic carbocycles. The highest BCUT2D eigenvalue weighted by Crippen LogP contribution is 2.27. The summed E-state index contributed by atoms with van der Waals surface area (Å²) in [6.45, 7) is 3.63. The summed E-state index contributed by atoms with van der Waals surface area (Å²) < 4.78 is 0. The van der Waals surface area contributed by atoms with Crippen molar-refractivity contribution in [2.45, 2.75) is 50.3 Å². The summed E-state index contributed by atoms with van der Waals surface area (Å²) in [5, 5.41) is 4.65. The highest BCUT2D eigenvalue weighted by atomic mass is 32.2. The maximum Gasteiger partial charge on any atom is 0.0263 e. The Labute approximate surface area is 109 Å². The summed E-state index contributed by atoms with van der Waals surface area (Å²) >= 11 is 4.30. The molecule has 2 aliphatic rings. The number of hydrogen-bond acceptors (Lipinski definition) is 3. The van der Waals surface area contributed by atoms with Gasteiger partial charge in [-0.3, -0.25) is 0 Å². The van der Waals surface area contributed by atoms with Crippen LogP contribution in [0.2, 0.25) is 0 Å². The van der Waals surface area contributed by atoms with Crippen LogP contribution in [-0.4, -0.2) is 35.1 Å². The van der Waals surface area contributed by atoms with E-state index in [-0.39, 0.29) is 0 Å². The fourth-order valence-corrected chi connectivity index (χ4v) is 5.40. The van der Waals surface area contributed by atoms with E-state index < -0.39 is 0 Å². The molecule has 0 bridgehead atoms. The van der Waals surface area contributed by atoms with Gasteiger partial charge in [0.25, 0.3) is 0 Å². The Hall–Kier alpha value is 0.660. The first-order valence-electron chi connectivity index (χ1n) is 6.79. The van der Waals surface area contributed by atoms with E-state index in [9.17, 15) is 0 Å². The molecule has 1 heterocycles. The van der Waals surface area contributed by atoms with Crippen molar-refractivity contribution in [3.8, 4) is 0 Å². The van der Waals surface area contributed by atoms with E-state index in [1.54, 1.807) is 0 Å². The lowest BCUT2D eigenvalue weighted by Crippen LogP contribution is -2.39. The van der Waals surface area contributed by atoms with E-state index in [0.717, 1.165) is 17.2 Å². The lowest BCUT2D eigenvalue weighted by Gasteiger charge is -2.30. The third kappa shape index (κ3) is 4.15. The smallest absolute Gasteiger partial charge is 0.0263 e. The second-order valence-corrected chi connectivity index (χ2v) is 7.72. The standard InChI is InChI=1S/C13H25NS2/c1-11(12-5-3-2-4-6-12)14-9-13-10-15-7-8-16-13/h11-14H,2-10H2,1H3. The number of thioether (sulfide) groups is 2. The van der Waals surface area contributed by atoms with Crippen LogP contribution in [0.25, 0.3) is 0 Å². The van der Waals surface area contributed by atoms with Crippen LogP contribution in [0.1, 0.15) is 39.0 Å². The van der Waals surface area contributed by atoms with Gasteiger partial charge >= 0.3 is 0 Å². The van der Waals surface area contributed by atoms with Gasteiger partial charge in [0.15, 0.2) is 0 Å². The van der Waals surface area contributed by atoms with Crippen molar-refractivity contribution in [2.75, 3.05) is 23.8 Å². The van der Waals surface area contributed by atoms with Crippen molar-refractivity contribution in [1.82, 2.24) is 5.32 Å². The van der Waals surface area contributed by atoms with Gasteiger partial charge in [0.05, 0.1) is 0 Å². The first-order chi connectivity index (χ1) is 7.86. The molecular weight excluding hydrogens is 234 g/mol. The topological polar surface area (TPSA) is 12.0 Å². The predicted octanol–water partition coefficient (Wildman–Crippen LogP) is 3.39. The Balaban J connectivity index is 1.63. The highest BCUT2D eigenvalue weighted by Gasteiger charge is 2.21. The average molecular weight is 259 g/mol. The van der Waals surface area contributed by atoms with Crippen molar-refractivity contribution >= 4 is 23.5 Å². The monoisotopic (exact) mass is 259 g/mol. The molecule has 2 fully saturated rings. The molecule has 1 aliphatic heterocycles. The van der Waals surface area contributed by atoms with Gasteiger partial charge in [0.1, 0.15) is 0 Å². The zero-order chi connectivity index (χ0) is 11.2. The lowest BCUT2D eigenvalue weighted by molar-refractivity contribution is 0.283. The number of hydrogen-bond donors (Lipinski definition) is 1. The van der Waals surface area contributed by atoms with Crippen molar-refractivity contribution in [2.24, 2.45) is 5.92 Å². The van der Waals surface area contributed by atoms with E-state index in [4.69, 9.17) is 0 Å². The molecule has 2 atom stereocenters. The molecular formula is C13H25NS2. The number of rotatable bonds is 4. The van der Waals surface area contributed by atoms with Gasteiger partial charge in [0.2, 0.25) is 0 Å². The minimum Gasteiger partial charge on any atom is -0.313 e. The van der Waals surface area contributed by atoms with Gasteiger partial charge in [-0.1, -0.05) is 19.3 Å². The molecule has 1 nitrogen and oxygen atoms in total. The van der Waals surface area contributed by atoms with Crippen LogP contribution in [0.15, 0.2) is 0 Å². The van der Waals surface area contributed by atoms with Gasteiger partial charge in [-0.05, 0) is 25.7 Å². The van der Waals surface area contributed by atoms with Crippen molar-refractivity contribution in [3.05, 3.63) is 0 Å².